The number of ether oxygens (including phenoxy) is 1. The van der Waals surface area contributed by atoms with Gasteiger partial charge < -0.3 is 10.1 Å². The Labute approximate surface area is 230 Å². The second kappa shape index (κ2) is 11.5. The number of alkyl halides is 3. The first-order chi connectivity index (χ1) is 18.4. The van der Waals surface area contributed by atoms with Crippen molar-refractivity contribution in [3.8, 4) is 11.7 Å². The molecule has 3 aromatic rings. The van der Waals surface area contributed by atoms with Gasteiger partial charge in [-0.15, -0.1) is 5.10 Å². The van der Waals surface area contributed by atoms with E-state index in [0.29, 0.717) is 23.2 Å². The van der Waals surface area contributed by atoms with E-state index < -0.39 is 69.7 Å². The van der Waals surface area contributed by atoms with Crippen molar-refractivity contribution >= 4 is 33.3 Å². The Balaban J connectivity index is 2.18. The lowest BCUT2D eigenvalue weighted by Gasteiger charge is -2.19. The van der Waals surface area contributed by atoms with Crippen LogP contribution in [0.3, 0.4) is 0 Å². The van der Waals surface area contributed by atoms with Crippen molar-refractivity contribution < 1.29 is 39.7 Å². The largest absolute Gasteiger partial charge is 0.464 e. The maximum absolute atomic E-state index is 15.3. The van der Waals surface area contributed by atoms with Gasteiger partial charge in [0.1, 0.15) is 12.2 Å². The van der Waals surface area contributed by atoms with Crippen LogP contribution in [-0.4, -0.2) is 57.2 Å². The first kappa shape index (κ1) is 31.0. The zero-order valence-electron chi connectivity index (χ0n) is 21.6. The highest BCUT2D eigenvalue weighted by Gasteiger charge is 2.39. The fraction of sp³-hybridized carbons (Fsp3) is 0.409. The van der Waals surface area contributed by atoms with Gasteiger partial charge in [-0.2, -0.15) is 31.3 Å². The molecule has 3 aromatic heterocycles. The van der Waals surface area contributed by atoms with Crippen LogP contribution in [0.5, 0.6) is 5.88 Å². The molecule has 1 atom stereocenters. The van der Waals surface area contributed by atoms with Crippen LogP contribution in [-0.2, 0) is 20.9 Å². The van der Waals surface area contributed by atoms with Crippen LogP contribution < -0.4 is 15.7 Å². The third-order valence-electron chi connectivity index (χ3n) is 5.27. The summed E-state index contributed by atoms with van der Waals surface area (Å²) >= 11 is 6.00. The molecule has 3 rings (SSSR count). The van der Waals surface area contributed by atoms with E-state index in [4.69, 9.17) is 16.3 Å². The third kappa shape index (κ3) is 6.95. The fourth-order valence-electron chi connectivity index (χ4n) is 3.29. The predicted molar refractivity (Wildman–Crippen MR) is 134 cm³/mol. The summed E-state index contributed by atoms with van der Waals surface area (Å²) < 4.78 is 89.1. The minimum Gasteiger partial charge on any atom is -0.464 e. The average molecular weight is 611 g/mol. The Bertz CT molecular complexity index is 1590. The average Bonchev–Trinajstić information content (AvgIpc) is 3.16. The van der Waals surface area contributed by atoms with E-state index in [1.807, 2.05) is 0 Å². The van der Waals surface area contributed by atoms with E-state index >= 15 is 4.39 Å². The molecular weight excluding hydrogens is 588 g/mol. The van der Waals surface area contributed by atoms with Crippen molar-refractivity contribution in [2.75, 3.05) is 11.6 Å². The van der Waals surface area contributed by atoms with E-state index in [1.165, 1.54) is 12.3 Å². The number of nitrogens with one attached hydrogen (secondary N) is 1. The molecular formula is C22H23ClF4N6O6S. The van der Waals surface area contributed by atoms with Crippen molar-refractivity contribution in [3.05, 3.63) is 56.7 Å². The molecule has 218 valence electrons. The van der Waals surface area contributed by atoms with Crippen LogP contribution >= 0.6 is 11.6 Å². The zero-order valence-corrected chi connectivity index (χ0v) is 23.1. The van der Waals surface area contributed by atoms with Gasteiger partial charge >= 0.3 is 11.9 Å². The molecule has 0 spiro atoms. The van der Waals surface area contributed by atoms with Gasteiger partial charge in [0.25, 0.3) is 16.0 Å². The molecule has 18 heteroatoms. The normalized spacial score (nSPS) is 13.0. The monoisotopic (exact) mass is 610 g/mol. The summed E-state index contributed by atoms with van der Waals surface area (Å²) in [7, 11) is -3.96. The molecule has 0 saturated heterocycles. The van der Waals surface area contributed by atoms with Gasteiger partial charge in [-0.3, -0.25) is 13.5 Å². The SMILES string of the molecule is Cc1ccnc(Cl)c1NC(=O)c1cc(F)c(-n2nc(COS(C)(=O)=O)n(C(C)C)c2=O)nc1OC(C)C(F)(F)F. The summed E-state index contributed by atoms with van der Waals surface area (Å²) in [5, 5.41) is 6.07. The number of hydrogen-bond donors (Lipinski definition) is 1. The van der Waals surface area contributed by atoms with Gasteiger partial charge in [0.2, 0.25) is 5.88 Å². The molecule has 40 heavy (non-hydrogen) atoms. The van der Waals surface area contributed by atoms with Crippen LogP contribution in [0.2, 0.25) is 5.15 Å². The number of nitrogens with zero attached hydrogens (tertiary/aromatic N) is 5. The lowest BCUT2D eigenvalue weighted by molar-refractivity contribution is -0.190. The summed E-state index contributed by atoms with van der Waals surface area (Å²) in [6.45, 7) is 4.58. The number of hydrogen-bond acceptors (Lipinski definition) is 9. The Hall–Kier alpha value is -3.57. The van der Waals surface area contributed by atoms with E-state index in [0.717, 1.165) is 10.8 Å². The number of anilines is 1. The number of halogens is 5. The molecule has 0 saturated carbocycles. The van der Waals surface area contributed by atoms with Crippen LogP contribution in [0.15, 0.2) is 23.1 Å². The molecule has 0 aliphatic rings. The molecule has 12 nitrogen and oxygen atoms in total. The van der Waals surface area contributed by atoms with E-state index in [1.54, 1.807) is 20.8 Å². The standard InChI is InChI=1S/C22H23ClF4N6O6S/c1-10(2)32-15(9-38-40(5,36)37)31-33(21(32)35)18-14(24)8-13(20(30-18)39-12(4)22(25,26)27)19(34)29-16-11(3)6-7-28-17(16)23/h6-8,10,12H,9H2,1-5H3,(H,29,34). The lowest BCUT2D eigenvalue weighted by atomic mass is 10.2. The molecule has 1 amide bonds. The lowest BCUT2D eigenvalue weighted by Crippen LogP contribution is -2.33. The number of amides is 1. The molecule has 0 aromatic carbocycles. The topological polar surface area (TPSA) is 147 Å². The quantitative estimate of drug-likeness (QED) is 0.218. The van der Waals surface area contributed by atoms with Gasteiger partial charge in [0.05, 0.1) is 11.9 Å². The zero-order chi connectivity index (χ0) is 30.2. The van der Waals surface area contributed by atoms with Gasteiger partial charge in [-0.05, 0) is 45.4 Å². The Kier molecular flexibility index (Phi) is 8.90. The number of carbonyl (C=O) groups is 1. The number of rotatable bonds is 9. The number of pyridine rings is 2. The van der Waals surface area contributed by atoms with E-state index in [-0.39, 0.29) is 16.7 Å². The van der Waals surface area contributed by atoms with Crippen LogP contribution in [0, 0.1) is 12.7 Å². The van der Waals surface area contributed by atoms with Crippen molar-refractivity contribution in [3.63, 3.8) is 0 Å². The highest BCUT2D eigenvalue weighted by Crippen LogP contribution is 2.30. The smallest absolute Gasteiger partial charge is 0.425 e. The second-order valence-electron chi connectivity index (χ2n) is 8.74. The van der Waals surface area contributed by atoms with Gasteiger partial charge in [-0.25, -0.2) is 14.2 Å². The predicted octanol–water partition coefficient (Wildman–Crippen LogP) is 3.56. The van der Waals surface area contributed by atoms with Crippen molar-refractivity contribution in [2.24, 2.45) is 0 Å². The van der Waals surface area contributed by atoms with E-state index in [9.17, 15) is 31.2 Å². The summed E-state index contributed by atoms with van der Waals surface area (Å²) in [6, 6.07) is 1.39. The molecule has 3 heterocycles. The molecule has 0 aliphatic carbocycles. The molecule has 0 aliphatic heterocycles. The summed E-state index contributed by atoms with van der Waals surface area (Å²) in [6.07, 6.45) is -5.29. The molecule has 0 radical (unpaired) electrons. The number of carbonyl (C=O) groups excluding carboxylic acids is 1. The molecule has 0 bridgehead atoms. The van der Waals surface area contributed by atoms with Crippen molar-refractivity contribution in [1.29, 1.82) is 0 Å². The molecule has 1 N–H and O–H groups in total. The summed E-state index contributed by atoms with van der Waals surface area (Å²) in [5.41, 5.74) is -1.32. The van der Waals surface area contributed by atoms with Gasteiger partial charge in [0.15, 0.2) is 28.7 Å². The van der Waals surface area contributed by atoms with E-state index in [2.05, 4.69) is 24.6 Å². The number of aryl methyl sites for hydroxylation is 1. The maximum atomic E-state index is 15.3. The molecule has 1 unspecified atom stereocenters. The minimum atomic E-state index is -4.90. The second-order valence-corrected chi connectivity index (χ2v) is 10.7. The van der Waals surface area contributed by atoms with Crippen molar-refractivity contribution in [2.45, 2.75) is 52.6 Å². The highest BCUT2D eigenvalue weighted by molar-refractivity contribution is 7.85. The first-order valence-corrected chi connectivity index (χ1v) is 13.5. The minimum absolute atomic E-state index is 0.0101. The van der Waals surface area contributed by atoms with Gasteiger partial charge in [0, 0.05) is 12.2 Å². The number of aromatic nitrogens is 5. The Morgan fingerprint density at radius 3 is 2.45 bits per heavy atom. The van der Waals surface area contributed by atoms with Crippen molar-refractivity contribution in [1.82, 2.24) is 24.3 Å². The third-order valence-corrected chi connectivity index (χ3v) is 6.10. The Morgan fingerprint density at radius 2 is 1.90 bits per heavy atom. The fourth-order valence-corrected chi connectivity index (χ4v) is 3.86. The van der Waals surface area contributed by atoms with Gasteiger partial charge in [-0.1, -0.05) is 11.6 Å². The summed E-state index contributed by atoms with van der Waals surface area (Å²) in [5.74, 6) is -4.61. The van der Waals surface area contributed by atoms with Crippen LogP contribution in [0.4, 0.5) is 23.2 Å². The maximum Gasteiger partial charge on any atom is 0.425 e. The molecule has 0 fully saturated rings. The first-order valence-electron chi connectivity index (χ1n) is 11.3. The van der Waals surface area contributed by atoms with Crippen LogP contribution in [0.1, 0.15) is 48.6 Å². The highest BCUT2D eigenvalue weighted by atomic mass is 35.5. The van der Waals surface area contributed by atoms with Crippen LogP contribution in [0.25, 0.3) is 5.82 Å². The Morgan fingerprint density at radius 1 is 1.25 bits per heavy atom. The summed E-state index contributed by atoms with van der Waals surface area (Å²) in [4.78, 5) is 33.6.